The second-order valence-electron chi connectivity index (χ2n) is 35.1. The lowest BCUT2D eigenvalue weighted by Crippen LogP contribution is -2.31. The molecule has 1 spiro atoms. The van der Waals surface area contributed by atoms with Gasteiger partial charge in [-0.25, -0.2) is 9.97 Å². The fraction of sp³-hybridized carbons (Fsp3) is 0.0161. The summed E-state index contributed by atoms with van der Waals surface area (Å²) in [5.74, 6) is 0. The quantitative estimate of drug-likeness (QED) is 0.0903. The minimum absolute atomic E-state index is 0.611. The summed E-state index contributed by atoms with van der Waals surface area (Å²) < 4.78 is 36.6. The molecule has 6 nitrogen and oxygen atoms in total. The van der Waals surface area contributed by atoms with E-state index in [0.29, 0.717) is 0 Å². The van der Waals surface area contributed by atoms with Crippen molar-refractivity contribution in [2.75, 3.05) is 0 Å². The van der Waals surface area contributed by atoms with Crippen LogP contribution in [0, 0.1) is 0 Å². The first-order valence-electron chi connectivity index (χ1n) is 45.2. The average Bonchev–Trinajstić information content (AvgIpc) is 1.50. The lowest BCUT2D eigenvalue weighted by molar-refractivity contribution is 0.591. The van der Waals surface area contributed by atoms with Gasteiger partial charge in [0.15, 0.2) is 14.3 Å². The number of hydrogen-bond donors (Lipinski definition) is 0. The molecule has 0 fully saturated rings. The third kappa shape index (κ3) is 11.4. The summed E-state index contributed by atoms with van der Waals surface area (Å²) in [6.45, 7) is 0. The van der Waals surface area contributed by atoms with Crippen LogP contribution in [0.25, 0.3) is 155 Å². The summed E-state index contributed by atoms with van der Waals surface area (Å²) in [6, 6.07) is 173. The smallest absolute Gasteiger partial charge is 0.171 e. The van der Waals surface area contributed by atoms with Gasteiger partial charge in [0.2, 0.25) is 0 Å². The molecule has 618 valence electrons. The Morgan fingerprint density at radius 2 is 0.455 bits per heavy atom. The van der Waals surface area contributed by atoms with Crippen LogP contribution in [0.1, 0.15) is 44.5 Å². The highest BCUT2D eigenvalue weighted by atomic mass is 31.2. The molecule has 0 saturated carbocycles. The number of pyridine rings is 2. The second kappa shape index (κ2) is 30.2. The van der Waals surface area contributed by atoms with E-state index in [2.05, 4.69) is 373 Å². The Hall–Kier alpha value is -16.2. The Morgan fingerprint density at radius 1 is 0.182 bits per heavy atom. The van der Waals surface area contributed by atoms with Crippen LogP contribution in [0.4, 0.5) is 0 Å². The number of aromatic nitrogens is 4. The molecule has 0 bridgehead atoms. The topological polar surface area (TPSA) is 68.7 Å². The molecule has 8 heteroatoms. The summed E-state index contributed by atoms with van der Waals surface area (Å²) in [6.07, 6.45) is 0. The van der Waals surface area contributed by atoms with Crippen LogP contribution in [0.15, 0.2) is 485 Å². The number of benzene rings is 20. The van der Waals surface area contributed by atoms with Crippen LogP contribution in [-0.2, 0) is 20.0 Å². The van der Waals surface area contributed by atoms with E-state index in [1.165, 1.54) is 88.3 Å². The SMILES string of the molecule is O=P(c1ccccc1)(c1ccccc1)c1ccc2c(c1)C(c1ccccc1)(c1ccccc1)c1cc(-c3ccc(-c4ccc5c6ccccc6c6nc7ccccc7n6c5c4)cc3)ccc1-2.O=P(c1ccccc1)(c1ccccc1)c1ccc2c(c1)C1(c3ccccc3-c3ccccc31)c1cc(-c3ccc(-c4ccc5c6ccccc6c6nc7ccccc7n6c5c4)cc3)ccc1-2. The largest absolute Gasteiger partial charge is 0.309 e. The highest BCUT2D eigenvalue weighted by molar-refractivity contribution is 7.85. The maximum Gasteiger partial charge on any atom is 0.171 e. The summed E-state index contributed by atoms with van der Waals surface area (Å²) >= 11 is 0. The molecule has 0 radical (unpaired) electrons. The van der Waals surface area contributed by atoms with Crippen molar-refractivity contribution in [1.82, 2.24) is 18.8 Å². The lowest BCUT2D eigenvalue weighted by Gasteiger charge is -2.34. The van der Waals surface area contributed by atoms with Gasteiger partial charge >= 0.3 is 0 Å². The van der Waals surface area contributed by atoms with Gasteiger partial charge < -0.3 is 9.13 Å². The molecule has 20 aromatic carbocycles. The number of hydrogen-bond acceptors (Lipinski definition) is 4. The molecular formula is C124H80N4O2P2. The van der Waals surface area contributed by atoms with Crippen molar-refractivity contribution in [2.24, 2.45) is 0 Å². The van der Waals surface area contributed by atoms with Crippen molar-refractivity contribution in [3.8, 4) is 77.9 Å². The van der Waals surface area contributed by atoms with E-state index in [1.807, 2.05) is 121 Å². The summed E-state index contributed by atoms with van der Waals surface area (Å²) in [4.78, 5) is 10.2. The van der Waals surface area contributed by atoms with Crippen molar-refractivity contribution in [3.05, 3.63) is 530 Å². The first-order valence-corrected chi connectivity index (χ1v) is 48.6. The Balaban J connectivity index is 0.000000138. The van der Waals surface area contributed by atoms with Gasteiger partial charge in [-0.2, -0.15) is 0 Å². The lowest BCUT2D eigenvalue weighted by atomic mass is 9.67. The monoisotopic (exact) mass is 1720 g/mol. The third-order valence-electron chi connectivity index (χ3n) is 28.4. The van der Waals surface area contributed by atoms with Crippen molar-refractivity contribution >= 4 is 123 Å². The van der Waals surface area contributed by atoms with Gasteiger partial charge in [0, 0.05) is 53.4 Å². The van der Waals surface area contributed by atoms with Gasteiger partial charge in [-0.15, -0.1) is 0 Å². The Kier molecular flexibility index (Phi) is 17.6. The van der Waals surface area contributed by atoms with Crippen LogP contribution in [0.5, 0.6) is 0 Å². The van der Waals surface area contributed by atoms with Gasteiger partial charge in [0.25, 0.3) is 0 Å². The van der Waals surface area contributed by atoms with E-state index < -0.39 is 25.1 Å². The zero-order valence-corrected chi connectivity index (χ0v) is 73.5. The molecule has 132 heavy (non-hydrogen) atoms. The molecule has 0 atom stereocenters. The van der Waals surface area contributed by atoms with E-state index in [4.69, 9.17) is 9.97 Å². The number of para-hydroxylation sites is 4. The van der Waals surface area contributed by atoms with Crippen molar-refractivity contribution in [1.29, 1.82) is 0 Å². The molecule has 4 heterocycles. The van der Waals surface area contributed by atoms with Crippen molar-refractivity contribution in [3.63, 3.8) is 0 Å². The molecule has 0 saturated heterocycles. The minimum atomic E-state index is -3.28. The van der Waals surface area contributed by atoms with Crippen molar-refractivity contribution < 1.29 is 9.13 Å². The molecule has 0 amide bonds. The molecule has 27 rings (SSSR count). The predicted octanol–water partition coefficient (Wildman–Crippen LogP) is 28.2. The van der Waals surface area contributed by atoms with Gasteiger partial charge in [-0.3, -0.25) is 8.80 Å². The maximum absolute atomic E-state index is 16.0. The molecule has 24 aromatic rings. The second-order valence-corrected chi connectivity index (χ2v) is 40.6. The van der Waals surface area contributed by atoms with Crippen LogP contribution in [0.3, 0.4) is 0 Å². The third-order valence-corrected chi connectivity index (χ3v) is 34.5. The Bertz CT molecular complexity index is 8340. The molecular weight excluding hydrogens is 1640 g/mol. The standard InChI is InChI=1S/C62H39N2OP.C62H41N2OP/c65-66(44-15-3-1-4-16-44,45-17-5-2-6-18-45)46-33-36-51-50-34-31-42(37-56(50)62(57(51)39-46)54-23-11-9-20-48(54)49-21-10-12-24-55(49)62)40-27-29-41(30-28-40)43-32-35-52-47-19-7-8-22-53(47)61-63-58-25-13-14-26-59(58)64(61)60(52)38-43;65-66(48-21-9-3-10-22-48,49-23-11-4-12-24-49)50-35-38-53-52-36-33-44(39-56(52)62(57(53)41-50,46-17-5-1-6-18-46)47-19-7-2-8-20-47)42-29-31-43(32-30-42)45-34-37-54-51-25-13-14-26-55(51)61-63-58-27-15-16-28-59(58)64(61)60(54)40-45/h1-39H;1-41H. The highest BCUT2D eigenvalue weighted by Crippen LogP contribution is 2.65. The Labute approximate surface area is 763 Å². The normalized spacial score (nSPS) is 13.2. The molecule has 0 N–H and O–H groups in total. The van der Waals surface area contributed by atoms with Gasteiger partial charge in [-0.1, -0.05) is 425 Å². The van der Waals surface area contributed by atoms with Crippen LogP contribution in [0.2, 0.25) is 0 Å². The molecule has 0 aliphatic heterocycles. The van der Waals surface area contributed by atoms with Gasteiger partial charge in [-0.05, 0) is 194 Å². The van der Waals surface area contributed by atoms with Gasteiger partial charge in [0.05, 0.1) is 43.9 Å². The van der Waals surface area contributed by atoms with Gasteiger partial charge in [0.1, 0.15) is 11.3 Å². The summed E-state index contributed by atoms with van der Waals surface area (Å²) in [7, 11) is -6.55. The highest BCUT2D eigenvalue weighted by Gasteiger charge is 2.53. The maximum atomic E-state index is 16.0. The molecule has 3 aliphatic rings. The zero-order valence-electron chi connectivity index (χ0n) is 71.7. The van der Waals surface area contributed by atoms with Crippen molar-refractivity contribution in [2.45, 2.75) is 10.8 Å². The predicted molar refractivity (Wildman–Crippen MR) is 550 cm³/mol. The van der Waals surface area contributed by atoms with Crippen LogP contribution in [-0.4, -0.2) is 18.8 Å². The van der Waals surface area contributed by atoms with E-state index in [1.54, 1.807) is 0 Å². The first kappa shape index (κ1) is 77.0. The first-order chi connectivity index (χ1) is 65.2. The zero-order chi connectivity index (χ0) is 87.4. The average molecular weight is 1720 g/mol. The number of imidazole rings is 2. The Morgan fingerprint density at radius 3 is 0.841 bits per heavy atom. The summed E-state index contributed by atoms with van der Waals surface area (Å²) in [5.41, 5.74) is 33.2. The van der Waals surface area contributed by atoms with E-state index in [0.717, 1.165) is 143 Å². The number of nitrogens with zero attached hydrogens (tertiary/aromatic N) is 4. The van der Waals surface area contributed by atoms with E-state index in [-0.39, 0.29) is 0 Å². The van der Waals surface area contributed by atoms with E-state index in [9.17, 15) is 0 Å². The fourth-order valence-electron chi connectivity index (χ4n) is 22.5. The van der Waals surface area contributed by atoms with Crippen LogP contribution < -0.4 is 31.8 Å². The fourth-order valence-corrected chi connectivity index (χ4v) is 27.8. The number of rotatable bonds is 12. The van der Waals surface area contributed by atoms with Crippen LogP contribution >= 0.6 is 14.3 Å². The molecule has 4 aromatic heterocycles. The minimum Gasteiger partial charge on any atom is -0.309 e. The number of fused-ring (bicyclic) bond motifs is 29. The molecule has 3 aliphatic carbocycles. The van der Waals surface area contributed by atoms with E-state index >= 15 is 9.13 Å². The summed E-state index contributed by atoms with van der Waals surface area (Å²) in [5, 5.41) is 12.1. The molecule has 0 unspecified atom stereocenters.